The van der Waals surface area contributed by atoms with Crippen molar-refractivity contribution in [3.8, 4) is 0 Å². The number of nitrogen functional groups attached to an aromatic ring is 1. The summed E-state index contributed by atoms with van der Waals surface area (Å²) in [7, 11) is -18.1. The van der Waals surface area contributed by atoms with Gasteiger partial charge < -0.3 is 80.0 Å². The fraction of sp³-hybridized carbons (Fsp3) is 0.733. The van der Waals surface area contributed by atoms with Crippen LogP contribution in [0.3, 0.4) is 0 Å². The molecular formula is C15H26N3Na4O20P3. The Hall–Kier alpha value is 2.73. The van der Waals surface area contributed by atoms with Crippen LogP contribution in [-0.2, 0) is 31.6 Å². The number of aliphatic hydroxyl groups is 8. The molecule has 240 valence electrons. The number of hydrogen-bond donors (Lipinski definition) is 9. The molecule has 0 aromatic carbocycles. The van der Waals surface area contributed by atoms with Gasteiger partial charge in [-0.3, -0.25) is 18.0 Å². The Morgan fingerprint density at radius 2 is 1.36 bits per heavy atom. The van der Waals surface area contributed by atoms with Crippen molar-refractivity contribution in [3.63, 3.8) is 0 Å². The fourth-order valence-electron chi connectivity index (χ4n) is 2.84. The molecule has 10 atom stereocenters. The molecule has 10 N–H and O–H groups in total. The van der Waals surface area contributed by atoms with Crippen molar-refractivity contribution in [1.82, 2.24) is 9.55 Å². The molecule has 1 aromatic rings. The maximum Gasteiger partial charge on any atom is 1.00 e. The molecule has 1 aromatic heterocycles. The minimum absolute atomic E-state index is 0. The van der Waals surface area contributed by atoms with Gasteiger partial charge in [0, 0.05) is 6.20 Å². The Labute approximate surface area is 342 Å². The summed E-state index contributed by atoms with van der Waals surface area (Å²) < 4.78 is 49.1. The van der Waals surface area contributed by atoms with Crippen LogP contribution < -0.4 is 149 Å². The van der Waals surface area contributed by atoms with Crippen LogP contribution in [0.2, 0.25) is 0 Å². The molecular weight excluding hydrogens is 727 g/mol. The molecule has 30 heteroatoms. The smallest absolute Gasteiger partial charge is 0.790 e. The van der Waals surface area contributed by atoms with Gasteiger partial charge in [0.1, 0.15) is 48.5 Å². The van der Waals surface area contributed by atoms with Crippen molar-refractivity contribution >= 4 is 29.3 Å². The summed E-state index contributed by atoms with van der Waals surface area (Å²) in [5, 5.41) is 72.1. The van der Waals surface area contributed by atoms with E-state index in [4.69, 9.17) is 41.1 Å². The zero-order valence-electron chi connectivity index (χ0n) is 24.2. The largest absolute Gasteiger partial charge is 1.00 e. The second-order valence-electron chi connectivity index (χ2n) is 7.87. The first-order valence-corrected chi connectivity index (χ1v) is 15.0. The topological polar surface area (TPSA) is 403 Å². The summed E-state index contributed by atoms with van der Waals surface area (Å²) in [6, 6.07) is 1.17. The van der Waals surface area contributed by atoms with E-state index < -0.39 is 97.9 Å². The molecule has 0 saturated carbocycles. The van der Waals surface area contributed by atoms with Gasteiger partial charge in [-0.05, 0) is 6.07 Å². The number of anilines is 1. The third kappa shape index (κ3) is 19.2. The van der Waals surface area contributed by atoms with Crippen LogP contribution >= 0.6 is 23.5 Å². The van der Waals surface area contributed by atoms with E-state index in [-0.39, 0.29) is 124 Å². The molecule has 0 amide bonds. The maximum atomic E-state index is 11.8. The van der Waals surface area contributed by atoms with Crippen LogP contribution in [0.1, 0.15) is 6.23 Å². The van der Waals surface area contributed by atoms with E-state index in [1.807, 2.05) is 0 Å². The van der Waals surface area contributed by atoms with Gasteiger partial charge in [-0.25, -0.2) is 9.11 Å². The second-order valence-corrected chi connectivity index (χ2v) is 12.1. The van der Waals surface area contributed by atoms with Gasteiger partial charge in [0.25, 0.3) is 15.6 Å². The fourth-order valence-corrected chi connectivity index (χ4v) is 5.70. The van der Waals surface area contributed by atoms with Crippen LogP contribution in [0.4, 0.5) is 5.82 Å². The Bertz CT molecular complexity index is 1190. The summed E-state index contributed by atoms with van der Waals surface area (Å²) in [5.74, 6) is -0.145. The molecule has 1 fully saturated rings. The van der Waals surface area contributed by atoms with Crippen molar-refractivity contribution in [2.45, 2.75) is 49.0 Å². The zero-order chi connectivity index (χ0) is 31.9. The van der Waals surface area contributed by atoms with Crippen LogP contribution in [0.25, 0.3) is 0 Å². The molecule has 0 bridgehead atoms. The van der Waals surface area contributed by atoms with Crippen LogP contribution in [0, 0.1) is 0 Å². The average Bonchev–Trinajstić information content (AvgIpc) is 3.12. The molecule has 45 heavy (non-hydrogen) atoms. The molecule has 2 heterocycles. The van der Waals surface area contributed by atoms with Gasteiger partial charge >= 0.3 is 124 Å². The van der Waals surface area contributed by atoms with Gasteiger partial charge in [0.15, 0.2) is 6.23 Å². The Morgan fingerprint density at radius 3 is 1.76 bits per heavy atom. The van der Waals surface area contributed by atoms with Crippen LogP contribution in [0.5, 0.6) is 0 Å². The van der Waals surface area contributed by atoms with Gasteiger partial charge in [-0.1, -0.05) is 0 Å². The van der Waals surface area contributed by atoms with Gasteiger partial charge in [-0.15, -0.1) is 0 Å². The number of rotatable bonds is 13. The average molecular weight is 753 g/mol. The van der Waals surface area contributed by atoms with Crippen molar-refractivity contribution in [1.29, 1.82) is 0 Å². The van der Waals surface area contributed by atoms with Crippen molar-refractivity contribution in [3.05, 3.63) is 22.7 Å². The second kappa shape index (κ2) is 24.1. The zero-order valence-corrected chi connectivity index (χ0v) is 34.9. The number of hydrogen-bond acceptors (Lipinski definition) is 22. The number of phosphoric acid groups is 3. The number of aliphatic hydroxyl groups excluding tert-OH is 8. The summed E-state index contributed by atoms with van der Waals surface area (Å²) in [6.07, 6.45) is -12.1. The molecule has 6 unspecified atom stereocenters. The Balaban J connectivity index is -0.000000453. The normalized spacial score (nSPS) is 24.6. The van der Waals surface area contributed by atoms with E-state index in [9.17, 15) is 48.3 Å². The summed E-state index contributed by atoms with van der Waals surface area (Å²) >= 11 is 0. The number of nitrogens with two attached hydrogens (primary N) is 1. The first-order chi connectivity index (χ1) is 18.6. The van der Waals surface area contributed by atoms with E-state index in [1.165, 1.54) is 6.07 Å². The van der Waals surface area contributed by atoms with E-state index >= 15 is 0 Å². The number of nitrogens with zero attached hydrogens (tertiary/aromatic N) is 2. The monoisotopic (exact) mass is 753 g/mol. The molecule has 1 aliphatic rings. The molecule has 0 spiro atoms. The van der Waals surface area contributed by atoms with Gasteiger partial charge in [0.05, 0.1) is 27.6 Å². The maximum absolute atomic E-state index is 11.8. The van der Waals surface area contributed by atoms with Gasteiger partial charge in [-0.2, -0.15) is 4.98 Å². The first-order valence-electron chi connectivity index (χ1n) is 10.7. The van der Waals surface area contributed by atoms with E-state index in [0.717, 1.165) is 10.8 Å². The van der Waals surface area contributed by atoms with E-state index in [0.29, 0.717) is 0 Å². The Kier molecular flexibility index (Phi) is 29.1. The molecule has 1 saturated heterocycles. The summed E-state index contributed by atoms with van der Waals surface area (Å²) in [6.45, 7) is -2.59. The molecule has 0 radical (unpaired) electrons. The Morgan fingerprint density at radius 1 is 0.889 bits per heavy atom. The standard InChI is InChI=1S/C9H16N3O14P3.C6H14O6.4Na/c10-5-1-2-12(9(15)11-5)8-7(14)6(13)4(24-8)3-23-28(19,20)26-29(21,22)25-27(16,17)18;7-1-3(9)5(11)6(12)4(10)2-8;;;;/h1-2,4,6-8,13-14H,3H2,(H,19,20)(H,21,22)(H2,10,11,15)(H2,16,17,18);3-12H,1-2H2;;;;/q;;4*+1/p-4/t4-,6-,7-,8-;;;;;/m1...../s1. The predicted octanol–water partition coefficient (Wildman–Crippen LogP) is -20.3. The minimum atomic E-state index is -6.15. The third-order valence-corrected chi connectivity index (χ3v) is 8.44. The third-order valence-electron chi connectivity index (χ3n) is 4.77. The quantitative estimate of drug-likeness (QED) is 0.0667. The van der Waals surface area contributed by atoms with Crippen LogP contribution in [0.15, 0.2) is 17.1 Å². The van der Waals surface area contributed by atoms with Crippen molar-refractivity contribution < 1.29 is 210 Å². The molecule has 1 aliphatic heterocycles. The van der Waals surface area contributed by atoms with Crippen molar-refractivity contribution in [2.75, 3.05) is 25.6 Å². The molecule has 23 nitrogen and oxygen atoms in total. The summed E-state index contributed by atoms with van der Waals surface area (Å²) in [4.78, 5) is 58.2. The van der Waals surface area contributed by atoms with E-state index in [1.54, 1.807) is 0 Å². The molecule has 2 rings (SSSR count). The minimum Gasteiger partial charge on any atom is -0.790 e. The molecule has 0 aliphatic carbocycles. The summed E-state index contributed by atoms with van der Waals surface area (Å²) in [5.41, 5.74) is 4.34. The first kappa shape index (κ1) is 54.5. The SMILES string of the molecule is Nc1ccn([C@@H]2O[C@H](COP(=O)([O-])OP(=O)([O-])OP(=O)([O-])[O-])[C@@H](O)[C@H]2O)c(=O)n1.OCC(O)C(O)C(O)C(O)CO.[Na+].[Na+].[Na+].[Na+]. The van der Waals surface area contributed by atoms with Crippen molar-refractivity contribution in [2.24, 2.45) is 0 Å². The number of phosphoric ester groups is 1. The van der Waals surface area contributed by atoms with E-state index in [2.05, 4.69) is 18.1 Å². The predicted molar refractivity (Wildman–Crippen MR) is 118 cm³/mol. The van der Waals surface area contributed by atoms with Gasteiger partial charge in [0.2, 0.25) is 0 Å². The number of ether oxygens (including phenoxy) is 1. The van der Waals surface area contributed by atoms with Crippen LogP contribution in [-0.4, -0.2) is 113 Å². The number of aromatic nitrogens is 2.